The Labute approximate surface area is 202 Å². The molecule has 0 saturated carbocycles. The van der Waals surface area contributed by atoms with Gasteiger partial charge in [-0.05, 0) is 48.7 Å². The van der Waals surface area contributed by atoms with E-state index in [1.807, 2.05) is 49.4 Å². The minimum atomic E-state index is 0. The van der Waals surface area contributed by atoms with Crippen molar-refractivity contribution in [3.05, 3.63) is 59.2 Å². The Bertz CT molecular complexity index is 872. The number of halogens is 1. The second-order valence-electron chi connectivity index (χ2n) is 6.92. The molecule has 0 aliphatic rings. The molecule has 2 aromatic rings. The average Bonchev–Trinajstić information content (AvgIpc) is 2.76. The lowest BCUT2D eigenvalue weighted by Crippen LogP contribution is -2.37. The highest BCUT2D eigenvalue weighted by molar-refractivity contribution is 14.0. The van der Waals surface area contributed by atoms with Gasteiger partial charge in [0.25, 0.3) is 5.91 Å². The largest absolute Gasteiger partial charge is 0.493 e. The molecule has 0 radical (unpaired) electrons. The van der Waals surface area contributed by atoms with Crippen molar-refractivity contribution in [3.63, 3.8) is 0 Å². The zero-order chi connectivity index (χ0) is 21.9. The first-order valence-corrected chi connectivity index (χ1v) is 10.0. The molecule has 0 atom stereocenters. The van der Waals surface area contributed by atoms with Crippen molar-refractivity contribution in [1.29, 1.82) is 0 Å². The quantitative estimate of drug-likeness (QED) is 0.290. The predicted octanol–water partition coefficient (Wildman–Crippen LogP) is 3.32. The predicted molar refractivity (Wildman–Crippen MR) is 136 cm³/mol. The number of hydrogen-bond acceptors (Lipinski definition) is 4. The van der Waals surface area contributed by atoms with E-state index in [4.69, 9.17) is 9.47 Å². The van der Waals surface area contributed by atoms with Crippen molar-refractivity contribution in [3.8, 4) is 11.5 Å². The summed E-state index contributed by atoms with van der Waals surface area (Å²) in [7, 11) is 6.89. The molecule has 8 heteroatoms. The maximum absolute atomic E-state index is 12.1. The number of ether oxygens (including phenoxy) is 2. The lowest BCUT2D eigenvalue weighted by atomic mass is 10.1. The molecule has 170 valence electrons. The van der Waals surface area contributed by atoms with Gasteiger partial charge < -0.3 is 25.0 Å². The number of benzene rings is 2. The van der Waals surface area contributed by atoms with Crippen molar-refractivity contribution in [2.45, 2.75) is 19.9 Å². The van der Waals surface area contributed by atoms with Gasteiger partial charge in [0, 0.05) is 39.8 Å². The van der Waals surface area contributed by atoms with Gasteiger partial charge in [-0.25, -0.2) is 0 Å². The second kappa shape index (κ2) is 13.7. The lowest BCUT2D eigenvalue weighted by Gasteiger charge is -2.14. The molecule has 0 spiro atoms. The van der Waals surface area contributed by atoms with E-state index in [2.05, 4.69) is 15.6 Å². The summed E-state index contributed by atoms with van der Waals surface area (Å²) in [5, 5.41) is 6.61. The summed E-state index contributed by atoms with van der Waals surface area (Å²) in [5.74, 6) is 2.17. The molecule has 0 bridgehead atoms. The highest BCUT2D eigenvalue weighted by Crippen LogP contribution is 2.27. The van der Waals surface area contributed by atoms with Crippen LogP contribution < -0.4 is 20.1 Å². The molecule has 2 N–H and O–H groups in total. The first-order valence-electron chi connectivity index (χ1n) is 10.0. The maximum Gasteiger partial charge on any atom is 0.253 e. The van der Waals surface area contributed by atoms with E-state index in [0.717, 1.165) is 29.0 Å². The zero-order valence-electron chi connectivity index (χ0n) is 18.9. The molecule has 0 saturated heterocycles. The van der Waals surface area contributed by atoms with Crippen LogP contribution in [-0.4, -0.2) is 58.2 Å². The molecule has 0 aliphatic heterocycles. The lowest BCUT2D eigenvalue weighted by molar-refractivity contribution is 0.0827. The fourth-order valence-corrected chi connectivity index (χ4v) is 2.95. The van der Waals surface area contributed by atoms with E-state index < -0.39 is 0 Å². The van der Waals surface area contributed by atoms with Crippen LogP contribution in [0.3, 0.4) is 0 Å². The first-order chi connectivity index (χ1) is 14.5. The number of amides is 1. The van der Waals surface area contributed by atoms with Gasteiger partial charge in [-0.2, -0.15) is 0 Å². The van der Waals surface area contributed by atoms with Gasteiger partial charge in [-0.3, -0.25) is 9.79 Å². The van der Waals surface area contributed by atoms with Crippen molar-refractivity contribution < 1.29 is 14.3 Å². The van der Waals surface area contributed by atoms with Gasteiger partial charge in [-0.15, -0.1) is 24.0 Å². The molecule has 1 amide bonds. The highest BCUT2D eigenvalue weighted by Gasteiger charge is 2.09. The van der Waals surface area contributed by atoms with Crippen LogP contribution in [-0.2, 0) is 13.0 Å². The van der Waals surface area contributed by atoms with Crippen LogP contribution in [0.2, 0.25) is 0 Å². The topological polar surface area (TPSA) is 75.2 Å². The number of methoxy groups -OCH3 is 1. The van der Waals surface area contributed by atoms with Crippen LogP contribution in [0.15, 0.2) is 47.5 Å². The monoisotopic (exact) mass is 540 g/mol. The third-order valence-corrected chi connectivity index (χ3v) is 4.50. The van der Waals surface area contributed by atoms with Crippen molar-refractivity contribution in [1.82, 2.24) is 15.5 Å². The molecule has 0 aliphatic carbocycles. The van der Waals surface area contributed by atoms with Crippen LogP contribution in [0.4, 0.5) is 0 Å². The second-order valence-corrected chi connectivity index (χ2v) is 6.92. The highest BCUT2D eigenvalue weighted by atomic mass is 127. The maximum atomic E-state index is 12.1. The van der Waals surface area contributed by atoms with E-state index >= 15 is 0 Å². The Kier molecular flexibility index (Phi) is 11.8. The Morgan fingerprint density at radius 3 is 2.48 bits per heavy atom. The Morgan fingerprint density at radius 1 is 1.06 bits per heavy atom. The molecule has 0 fully saturated rings. The third kappa shape index (κ3) is 8.28. The summed E-state index contributed by atoms with van der Waals surface area (Å²) in [6.45, 7) is 3.84. The van der Waals surface area contributed by atoms with Gasteiger partial charge in [0.2, 0.25) is 0 Å². The molecular weight excluding hydrogens is 507 g/mol. The minimum absolute atomic E-state index is 0. The van der Waals surface area contributed by atoms with E-state index in [9.17, 15) is 4.79 Å². The number of nitrogens with one attached hydrogen (secondary N) is 2. The average molecular weight is 540 g/mol. The standard InChI is InChI=1S/C23H32N4O3.HI/c1-6-30-21-15-18(10-11-20(21)29-5)16-26-23(24-2)25-13-12-17-8-7-9-19(14-17)22(28)27(3)4;/h7-11,14-15H,6,12-13,16H2,1-5H3,(H2,24,25,26);1H. The summed E-state index contributed by atoms with van der Waals surface area (Å²) in [4.78, 5) is 18.0. The zero-order valence-corrected chi connectivity index (χ0v) is 21.2. The van der Waals surface area contributed by atoms with Gasteiger partial charge in [-0.1, -0.05) is 18.2 Å². The Morgan fingerprint density at radius 2 is 1.84 bits per heavy atom. The summed E-state index contributed by atoms with van der Waals surface area (Å²) >= 11 is 0. The van der Waals surface area contributed by atoms with Gasteiger partial charge in [0.15, 0.2) is 17.5 Å². The normalized spacial score (nSPS) is 10.7. The van der Waals surface area contributed by atoms with Crippen molar-refractivity contribution in [2.24, 2.45) is 4.99 Å². The molecule has 2 aromatic carbocycles. The number of hydrogen-bond donors (Lipinski definition) is 2. The molecule has 2 rings (SSSR count). The third-order valence-electron chi connectivity index (χ3n) is 4.50. The number of aliphatic imine (C=N–C) groups is 1. The smallest absolute Gasteiger partial charge is 0.253 e. The number of rotatable bonds is 9. The molecule has 0 unspecified atom stereocenters. The number of carbonyl (C=O) groups is 1. The fraction of sp³-hybridized carbons (Fsp3) is 0.391. The molecule has 31 heavy (non-hydrogen) atoms. The number of nitrogens with zero attached hydrogens (tertiary/aromatic N) is 2. The van der Waals surface area contributed by atoms with Gasteiger partial charge in [0.1, 0.15) is 0 Å². The molecule has 0 aromatic heterocycles. The van der Waals surface area contributed by atoms with Gasteiger partial charge >= 0.3 is 0 Å². The van der Waals surface area contributed by atoms with Crippen LogP contribution in [0, 0.1) is 0 Å². The molecule has 7 nitrogen and oxygen atoms in total. The molecular formula is C23H33IN4O3. The van der Waals surface area contributed by atoms with Crippen molar-refractivity contribution >= 4 is 35.8 Å². The number of carbonyl (C=O) groups excluding carboxylic acids is 1. The van der Waals surface area contributed by atoms with E-state index in [-0.39, 0.29) is 29.9 Å². The van der Waals surface area contributed by atoms with E-state index in [1.54, 1.807) is 33.2 Å². The summed E-state index contributed by atoms with van der Waals surface area (Å²) in [5.41, 5.74) is 2.86. The summed E-state index contributed by atoms with van der Waals surface area (Å²) in [6.07, 6.45) is 0.784. The number of guanidine groups is 1. The van der Waals surface area contributed by atoms with Crippen molar-refractivity contribution in [2.75, 3.05) is 41.4 Å². The van der Waals surface area contributed by atoms with Crippen LogP contribution in [0.25, 0.3) is 0 Å². The fourth-order valence-electron chi connectivity index (χ4n) is 2.95. The van der Waals surface area contributed by atoms with Gasteiger partial charge in [0.05, 0.1) is 13.7 Å². The molecule has 0 heterocycles. The van der Waals surface area contributed by atoms with Crippen LogP contribution in [0.5, 0.6) is 11.5 Å². The van der Waals surface area contributed by atoms with Crippen LogP contribution >= 0.6 is 24.0 Å². The van der Waals surface area contributed by atoms with Crippen LogP contribution in [0.1, 0.15) is 28.4 Å². The Balaban J connectivity index is 0.00000480. The van der Waals surface area contributed by atoms with E-state index in [1.165, 1.54) is 0 Å². The first kappa shape index (κ1) is 26.5. The van der Waals surface area contributed by atoms with E-state index in [0.29, 0.717) is 31.2 Å². The Hall–Kier alpha value is -2.49. The minimum Gasteiger partial charge on any atom is -0.493 e. The summed E-state index contributed by atoms with van der Waals surface area (Å²) in [6, 6.07) is 13.6. The summed E-state index contributed by atoms with van der Waals surface area (Å²) < 4.78 is 11.0. The SMILES string of the molecule is CCOc1cc(CNC(=NC)NCCc2cccc(C(=O)N(C)C)c2)ccc1OC.I.